The van der Waals surface area contributed by atoms with Gasteiger partial charge in [0.25, 0.3) is 0 Å². The van der Waals surface area contributed by atoms with Gasteiger partial charge in [0.2, 0.25) is 0 Å². The molecule has 0 bridgehead atoms. The highest BCUT2D eigenvalue weighted by molar-refractivity contribution is 5.82. The number of nitrogens with zero attached hydrogens (tertiary/aromatic N) is 1. The first-order chi connectivity index (χ1) is 8.42. The quantitative estimate of drug-likeness (QED) is 0.797. The van der Waals surface area contributed by atoms with Gasteiger partial charge in [-0.3, -0.25) is 4.84 Å². The highest BCUT2D eigenvalue weighted by atomic mass is 16.7. The predicted octanol–water partition coefficient (Wildman–Crippen LogP) is 3.37. The molecular weight excluding hydrogens is 210 g/mol. The minimum atomic E-state index is 0.685. The largest absolute Gasteiger partial charge is 0.294 e. The molecule has 0 aliphatic carbocycles. The Morgan fingerprint density at radius 1 is 0.941 bits per heavy atom. The van der Waals surface area contributed by atoms with Crippen molar-refractivity contribution in [2.75, 3.05) is 13.1 Å². The fourth-order valence-corrected chi connectivity index (χ4v) is 2.31. The van der Waals surface area contributed by atoms with Gasteiger partial charge in [0.05, 0.1) is 6.61 Å². The van der Waals surface area contributed by atoms with Gasteiger partial charge in [0.1, 0.15) is 0 Å². The molecular formula is C15H17NO. The minimum Gasteiger partial charge on any atom is -0.294 e. The average Bonchev–Trinajstić information content (AvgIpc) is 2.89. The molecule has 0 unspecified atom stereocenters. The number of benzene rings is 2. The second-order valence-electron chi connectivity index (χ2n) is 4.59. The van der Waals surface area contributed by atoms with Crippen LogP contribution >= 0.6 is 0 Å². The summed E-state index contributed by atoms with van der Waals surface area (Å²) in [7, 11) is 0. The second-order valence-corrected chi connectivity index (χ2v) is 4.59. The molecule has 1 saturated heterocycles. The Morgan fingerprint density at radius 3 is 2.53 bits per heavy atom. The number of hydrogen-bond acceptors (Lipinski definition) is 2. The smallest absolute Gasteiger partial charge is 0.0936 e. The zero-order valence-electron chi connectivity index (χ0n) is 9.93. The van der Waals surface area contributed by atoms with Gasteiger partial charge in [-0.25, -0.2) is 0 Å². The normalized spacial score (nSPS) is 16.7. The van der Waals surface area contributed by atoms with Gasteiger partial charge in [-0.2, -0.15) is 5.06 Å². The van der Waals surface area contributed by atoms with E-state index in [1.807, 2.05) is 0 Å². The van der Waals surface area contributed by atoms with Crippen LogP contribution in [0.1, 0.15) is 18.4 Å². The van der Waals surface area contributed by atoms with Crippen LogP contribution in [0.15, 0.2) is 42.5 Å². The molecule has 0 amide bonds. The SMILES string of the molecule is c1ccc2cc(CON3CCCC3)ccc2c1. The van der Waals surface area contributed by atoms with E-state index in [0.717, 1.165) is 13.1 Å². The van der Waals surface area contributed by atoms with E-state index in [2.05, 4.69) is 47.5 Å². The molecule has 3 rings (SSSR count). The third-order valence-corrected chi connectivity index (χ3v) is 3.29. The van der Waals surface area contributed by atoms with E-state index in [-0.39, 0.29) is 0 Å². The van der Waals surface area contributed by atoms with Crippen molar-refractivity contribution in [3.63, 3.8) is 0 Å². The molecule has 1 aliphatic rings. The number of hydrogen-bond donors (Lipinski definition) is 0. The molecule has 2 nitrogen and oxygen atoms in total. The molecule has 2 heteroatoms. The Morgan fingerprint density at radius 2 is 1.71 bits per heavy atom. The van der Waals surface area contributed by atoms with Crippen molar-refractivity contribution in [1.82, 2.24) is 5.06 Å². The first kappa shape index (κ1) is 10.8. The topological polar surface area (TPSA) is 12.5 Å². The van der Waals surface area contributed by atoms with Crippen LogP contribution in [-0.4, -0.2) is 18.2 Å². The van der Waals surface area contributed by atoms with Crippen molar-refractivity contribution >= 4 is 10.8 Å². The molecule has 0 radical (unpaired) electrons. The zero-order valence-corrected chi connectivity index (χ0v) is 9.93. The summed E-state index contributed by atoms with van der Waals surface area (Å²) >= 11 is 0. The molecule has 2 aromatic rings. The average molecular weight is 227 g/mol. The van der Waals surface area contributed by atoms with Crippen LogP contribution in [0.5, 0.6) is 0 Å². The molecule has 0 aromatic heterocycles. The van der Waals surface area contributed by atoms with E-state index >= 15 is 0 Å². The highest BCUT2D eigenvalue weighted by Gasteiger charge is 2.11. The highest BCUT2D eigenvalue weighted by Crippen LogP contribution is 2.17. The second kappa shape index (κ2) is 4.86. The van der Waals surface area contributed by atoms with E-state index in [1.165, 1.54) is 29.2 Å². The van der Waals surface area contributed by atoms with Crippen LogP contribution < -0.4 is 0 Å². The number of rotatable bonds is 3. The lowest BCUT2D eigenvalue weighted by atomic mass is 10.1. The number of fused-ring (bicyclic) bond motifs is 1. The van der Waals surface area contributed by atoms with E-state index in [9.17, 15) is 0 Å². The van der Waals surface area contributed by atoms with Gasteiger partial charge < -0.3 is 0 Å². The first-order valence-electron chi connectivity index (χ1n) is 6.27. The summed E-state index contributed by atoms with van der Waals surface area (Å²) in [4.78, 5) is 5.77. The molecule has 0 spiro atoms. The molecule has 1 fully saturated rings. The maximum atomic E-state index is 5.77. The van der Waals surface area contributed by atoms with Crippen molar-refractivity contribution in [1.29, 1.82) is 0 Å². The van der Waals surface area contributed by atoms with Crippen LogP contribution in [0.4, 0.5) is 0 Å². The Balaban J connectivity index is 1.72. The summed E-state index contributed by atoms with van der Waals surface area (Å²) in [6.45, 7) is 2.84. The third-order valence-electron chi connectivity index (χ3n) is 3.29. The van der Waals surface area contributed by atoms with Gasteiger partial charge in [0.15, 0.2) is 0 Å². The minimum absolute atomic E-state index is 0.685. The Labute approximate surface area is 102 Å². The van der Waals surface area contributed by atoms with Gasteiger partial charge >= 0.3 is 0 Å². The van der Waals surface area contributed by atoms with E-state index in [1.54, 1.807) is 0 Å². The van der Waals surface area contributed by atoms with Gasteiger partial charge in [0, 0.05) is 13.1 Å². The molecule has 0 N–H and O–H groups in total. The molecule has 1 heterocycles. The predicted molar refractivity (Wildman–Crippen MR) is 69.5 cm³/mol. The van der Waals surface area contributed by atoms with Crippen LogP contribution in [0.2, 0.25) is 0 Å². The van der Waals surface area contributed by atoms with Crippen LogP contribution in [-0.2, 0) is 11.4 Å². The lowest BCUT2D eigenvalue weighted by Crippen LogP contribution is -2.19. The summed E-state index contributed by atoms with van der Waals surface area (Å²) in [6.07, 6.45) is 2.52. The van der Waals surface area contributed by atoms with Crippen LogP contribution in [0.25, 0.3) is 10.8 Å². The maximum Gasteiger partial charge on any atom is 0.0936 e. The van der Waals surface area contributed by atoms with E-state index < -0.39 is 0 Å². The fraction of sp³-hybridized carbons (Fsp3) is 0.333. The summed E-state index contributed by atoms with van der Waals surface area (Å²) in [5.74, 6) is 0. The van der Waals surface area contributed by atoms with Crippen molar-refractivity contribution in [2.45, 2.75) is 19.4 Å². The van der Waals surface area contributed by atoms with Gasteiger partial charge in [-0.05, 0) is 35.2 Å². The Kier molecular flexibility index (Phi) is 3.08. The van der Waals surface area contributed by atoms with Crippen molar-refractivity contribution < 1.29 is 4.84 Å². The molecule has 0 saturated carbocycles. The third kappa shape index (κ3) is 2.48. The molecule has 17 heavy (non-hydrogen) atoms. The van der Waals surface area contributed by atoms with Crippen molar-refractivity contribution in [2.24, 2.45) is 0 Å². The van der Waals surface area contributed by atoms with E-state index in [4.69, 9.17) is 4.84 Å². The van der Waals surface area contributed by atoms with E-state index in [0.29, 0.717) is 6.61 Å². The van der Waals surface area contributed by atoms with Gasteiger partial charge in [-0.1, -0.05) is 36.4 Å². The lowest BCUT2D eigenvalue weighted by Gasteiger charge is -2.14. The summed E-state index contributed by atoms with van der Waals surface area (Å²) in [6, 6.07) is 15.0. The molecule has 88 valence electrons. The van der Waals surface area contributed by atoms with Crippen molar-refractivity contribution in [3.05, 3.63) is 48.0 Å². The molecule has 1 aliphatic heterocycles. The monoisotopic (exact) mass is 227 g/mol. The standard InChI is InChI=1S/C15H17NO/c1-2-6-15-11-13(7-8-14(15)5-1)12-17-16-9-3-4-10-16/h1-2,5-8,11H,3-4,9-10,12H2. The Hall–Kier alpha value is -1.38. The first-order valence-corrected chi connectivity index (χ1v) is 6.27. The zero-order chi connectivity index (χ0) is 11.5. The summed E-state index contributed by atoms with van der Waals surface area (Å²) < 4.78 is 0. The molecule has 0 atom stereocenters. The maximum absolute atomic E-state index is 5.77. The number of hydroxylamine groups is 2. The summed E-state index contributed by atoms with van der Waals surface area (Å²) in [5, 5.41) is 4.65. The van der Waals surface area contributed by atoms with Crippen molar-refractivity contribution in [3.8, 4) is 0 Å². The van der Waals surface area contributed by atoms with Gasteiger partial charge in [-0.15, -0.1) is 0 Å². The Bertz CT molecular complexity index is 503. The summed E-state index contributed by atoms with van der Waals surface area (Å²) in [5.41, 5.74) is 1.25. The molecule has 2 aromatic carbocycles. The fourth-order valence-electron chi connectivity index (χ4n) is 2.31. The lowest BCUT2D eigenvalue weighted by molar-refractivity contribution is -0.153. The van der Waals surface area contributed by atoms with Crippen LogP contribution in [0, 0.1) is 0 Å². The van der Waals surface area contributed by atoms with Crippen LogP contribution in [0.3, 0.4) is 0 Å².